The topological polar surface area (TPSA) is 0 Å². The third-order valence-electron chi connectivity index (χ3n) is 4.94. The normalized spacial score (nSPS) is 12.3. The van der Waals surface area contributed by atoms with Gasteiger partial charge < -0.3 is 0 Å². The lowest BCUT2D eigenvalue weighted by Crippen LogP contribution is -2.00. The fourth-order valence-electron chi connectivity index (χ4n) is 2.99. The molecule has 0 saturated heterocycles. The zero-order chi connectivity index (χ0) is 17.3. The molecule has 136 valence electrons. The largest absolute Gasteiger partial charge is 0.179 e. The van der Waals surface area contributed by atoms with Crippen LogP contribution in [0, 0.1) is 5.92 Å². The summed E-state index contributed by atoms with van der Waals surface area (Å²) < 4.78 is 0. The maximum absolute atomic E-state index is 4.42. The smallest absolute Gasteiger partial charge is 0.00695 e. The van der Waals surface area contributed by atoms with E-state index in [1.165, 1.54) is 101 Å². The summed E-state index contributed by atoms with van der Waals surface area (Å²) in [6.45, 7) is 13.0. The molecule has 0 fully saturated rings. The Balaban J connectivity index is 3.38. The molecule has 0 bridgehead atoms. The zero-order valence-corrected chi connectivity index (χ0v) is 16.9. The molecule has 0 heterocycles. The quantitative estimate of drug-likeness (QED) is 0.154. The molecule has 0 N–H and O–H groups in total. The summed E-state index contributed by atoms with van der Waals surface area (Å²) in [5.41, 5.74) is 2.93. The van der Waals surface area contributed by atoms with Crippen LogP contribution in [0.3, 0.4) is 0 Å². The van der Waals surface area contributed by atoms with Gasteiger partial charge in [0.25, 0.3) is 0 Å². The van der Waals surface area contributed by atoms with Gasteiger partial charge in [-0.2, -0.15) is 12.6 Å². The van der Waals surface area contributed by atoms with Gasteiger partial charge in [-0.05, 0) is 63.0 Å². The Morgan fingerprint density at radius 1 is 0.739 bits per heavy atom. The van der Waals surface area contributed by atoms with Crippen molar-refractivity contribution in [2.24, 2.45) is 5.92 Å². The van der Waals surface area contributed by atoms with Crippen molar-refractivity contribution in [1.82, 2.24) is 0 Å². The van der Waals surface area contributed by atoms with Gasteiger partial charge in [0.1, 0.15) is 0 Å². The monoisotopic (exact) mass is 338 g/mol. The third-order valence-corrected chi connectivity index (χ3v) is 5.45. The third kappa shape index (κ3) is 15.1. The molecule has 0 aliphatic carbocycles. The van der Waals surface area contributed by atoms with Crippen LogP contribution < -0.4 is 0 Å². The molecule has 0 aromatic carbocycles. The maximum Gasteiger partial charge on any atom is -0.00695 e. The second-order valence-electron chi connectivity index (χ2n) is 7.22. The fourth-order valence-corrected chi connectivity index (χ4v) is 3.43. The van der Waals surface area contributed by atoms with Crippen LogP contribution in [0.4, 0.5) is 0 Å². The van der Waals surface area contributed by atoms with E-state index in [1.54, 1.807) is 0 Å². The Bertz CT molecular complexity index is 288. The Morgan fingerprint density at radius 2 is 1.22 bits per heavy atom. The summed E-state index contributed by atoms with van der Waals surface area (Å²) >= 11 is 4.42. The van der Waals surface area contributed by atoms with Gasteiger partial charge in [0.2, 0.25) is 0 Å². The molecular weight excluding hydrogens is 296 g/mol. The van der Waals surface area contributed by atoms with Crippen molar-refractivity contribution in [1.29, 1.82) is 0 Å². The van der Waals surface area contributed by atoms with Crippen LogP contribution in [-0.4, -0.2) is 5.75 Å². The number of rotatable bonds is 17. The van der Waals surface area contributed by atoms with Gasteiger partial charge in [-0.25, -0.2) is 0 Å². The van der Waals surface area contributed by atoms with Crippen LogP contribution in [0.15, 0.2) is 24.3 Å². The summed E-state index contributed by atoms with van der Waals surface area (Å²) in [7, 11) is 0. The second-order valence-corrected chi connectivity index (χ2v) is 7.59. The zero-order valence-electron chi connectivity index (χ0n) is 16.0. The van der Waals surface area contributed by atoms with Crippen molar-refractivity contribution in [3.05, 3.63) is 24.3 Å². The molecule has 0 aliphatic heterocycles. The molecule has 0 aromatic rings. The Morgan fingerprint density at radius 3 is 1.70 bits per heavy atom. The molecule has 0 aliphatic rings. The van der Waals surface area contributed by atoms with E-state index in [9.17, 15) is 0 Å². The highest BCUT2D eigenvalue weighted by atomic mass is 32.1. The van der Waals surface area contributed by atoms with Crippen molar-refractivity contribution >= 4 is 12.6 Å². The maximum atomic E-state index is 4.42. The molecular formula is C22H42S. The lowest BCUT2D eigenvalue weighted by atomic mass is 9.96. The summed E-state index contributed by atoms with van der Waals surface area (Å²) in [6.07, 6.45) is 18.2. The Hall–Kier alpha value is -0.170. The van der Waals surface area contributed by atoms with Gasteiger partial charge in [-0.15, -0.1) is 0 Å². The Labute approximate surface area is 152 Å². The molecule has 1 atom stereocenters. The van der Waals surface area contributed by atoms with E-state index in [4.69, 9.17) is 0 Å². The van der Waals surface area contributed by atoms with E-state index in [0.717, 1.165) is 11.7 Å². The molecule has 0 spiro atoms. The first-order chi connectivity index (χ1) is 11.1. The average molecular weight is 339 g/mol. The van der Waals surface area contributed by atoms with E-state index < -0.39 is 0 Å². The van der Waals surface area contributed by atoms with Crippen LogP contribution in [0.5, 0.6) is 0 Å². The van der Waals surface area contributed by atoms with Crippen molar-refractivity contribution in [2.45, 2.75) is 104 Å². The molecule has 0 amide bonds. The molecule has 0 radical (unpaired) electrons. The van der Waals surface area contributed by atoms with Crippen molar-refractivity contribution < 1.29 is 0 Å². The highest BCUT2D eigenvalue weighted by Crippen LogP contribution is 2.20. The predicted molar refractivity (Wildman–Crippen MR) is 112 cm³/mol. The minimum absolute atomic E-state index is 0.778. The van der Waals surface area contributed by atoms with Crippen LogP contribution in [0.1, 0.15) is 104 Å². The first-order valence-corrected chi connectivity index (χ1v) is 10.7. The van der Waals surface area contributed by atoms with Crippen molar-refractivity contribution in [3.63, 3.8) is 0 Å². The number of unbranched alkanes of at least 4 members (excludes halogenated alkanes) is 6. The second kappa shape index (κ2) is 16.7. The summed E-state index contributed by atoms with van der Waals surface area (Å²) in [5.74, 6) is 1.80. The van der Waals surface area contributed by atoms with E-state index in [-0.39, 0.29) is 0 Å². The van der Waals surface area contributed by atoms with Gasteiger partial charge in [0, 0.05) is 0 Å². The predicted octanol–water partition coefficient (Wildman–Crippen LogP) is 8.15. The van der Waals surface area contributed by atoms with Gasteiger partial charge in [0.15, 0.2) is 0 Å². The molecule has 1 unspecified atom stereocenters. The fraction of sp³-hybridized carbons (Fsp3) is 0.818. The lowest BCUT2D eigenvalue weighted by Gasteiger charge is -2.12. The highest BCUT2D eigenvalue weighted by molar-refractivity contribution is 7.80. The summed E-state index contributed by atoms with van der Waals surface area (Å²) in [4.78, 5) is 0. The molecule has 0 aromatic heterocycles. The standard InChI is InChI=1S/C22H42S/c1-5-7-11-14-20(3)15-12-9-8-10-13-16-21(4)17-18-22(6-2)19-23/h22-23H,3-19H2,1-2H3. The molecule has 1 heteroatoms. The van der Waals surface area contributed by atoms with Crippen LogP contribution in [0.25, 0.3) is 0 Å². The summed E-state index contributed by atoms with van der Waals surface area (Å²) in [6, 6.07) is 0. The van der Waals surface area contributed by atoms with Gasteiger partial charge in [-0.3, -0.25) is 0 Å². The van der Waals surface area contributed by atoms with E-state index in [0.29, 0.717) is 0 Å². The number of thiol groups is 1. The van der Waals surface area contributed by atoms with Crippen LogP contribution in [0.2, 0.25) is 0 Å². The van der Waals surface area contributed by atoms with Crippen LogP contribution >= 0.6 is 12.6 Å². The molecule has 0 saturated carbocycles. The van der Waals surface area contributed by atoms with Crippen LogP contribution in [-0.2, 0) is 0 Å². The minimum atomic E-state index is 0.778. The first-order valence-electron chi connectivity index (χ1n) is 10.1. The Kier molecular flexibility index (Phi) is 16.6. The van der Waals surface area contributed by atoms with Gasteiger partial charge in [-0.1, -0.05) is 76.7 Å². The molecule has 23 heavy (non-hydrogen) atoms. The van der Waals surface area contributed by atoms with Crippen molar-refractivity contribution in [3.8, 4) is 0 Å². The minimum Gasteiger partial charge on any atom is -0.179 e. The van der Waals surface area contributed by atoms with Gasteiger partial charge >= 0.3 is 0 Å². The van der Waals surface area contributed by atoms with E-state index in [1.807, 2.05) is 0 Å². The van der Waals surface area contributed by atoms with Crippen molar-refractivity contribution in [2.75, 3.05) is 5.75 Å². The number of hydrogen-bond acceptors (Lipinski definition) is 1. The highest BCUT2D eigenvalue weighted by Gasteiger charge is 2.04. The first kappa shape index (κ1) is 22.8. The SMILES string of the molecule is C=C(CCCCC)CCCCCCCC(=C)CCC(CC)CS. The van der Waals surface area contributed by atoms with Gasteiger partial charge in [0.05, 0.1) is 0 Å². The summed E-state index contributed by atoms with van der Waals surface area (Å²) in [5, 5.41) is 0. The van der Waals surface area contributed by atoms with E-state index >= 15 is 0 Å². The average Bonchev–Trinajstić information content (AvgIpc) is 2.55. The molecule has 0 nitrogen and oxygen atoms in total. The molecule has 0 rings (SSSR count). The van der Waals surface area contributed by atoms with E-state index in [2.05, 4.69) is 39.6 Å². The lowest BCUT2D eigenvalue weighted by molar-refractivity contribution is 0.516. The number of allylic oxidation sites excluding steroid dienone is 2. The number of hydrogen-bond donors (Lipinski definition) is 1.